The van der Waals surface area contributed by atoms with Crippen LogP contribution in [0.5, 0.6) is 0 Å². The molecule has 1 unspecified atom stereocenters. The molecule has 118 valence electrons. The van der Waals surface area contributed by atoms with E-state index in [9.17, 15) is 13.2 Å². The van der Waals surface area contributed by atoms with Crippen molar-refractivity contribution in [1.29, 1.82) is 0 Å². The highest BCUT2D eigenvalue weighted by atomic mass is 32.2. The number of carboxylic acids is 1. The fourth-order valence-corrected chi connectivity index (χ4v) is 3.12. The van der Waals surface area contributed by atoms with Crippen LogP contribution in [0.3, 0.4) is 0 Å². The van der Waals surface area contributed by atoms with Crippen molar-refractivity contribution < 1.29 is 23.4 Å². The largest absolute Gasteiger partial charge is 0.478 e. The maximum atomic E-state index is 12.2. The molecule has 0 spiro atoms. The molecule has 7 nitrogen and oxygen atoms in total. The molecule has 1 heterocycles. The third-order valence-electron chi connectivity index (χ3n) is 3.02. The first kappa shape index (κ1) is 17.5. The summed E-state index contributed by atoms with van der Waals surface area (Å²) in [6.45, 7) is 5.43. The van der Waals surface area contributed by atoms with E-state index in [1.807, 2.05) is 20.8 Å². The van der Waals surface area contributed by atoms with Crippen LogP contribution in [-0.2, 0) is 10.0 Å². The highest BCUT2D eigenvalue weighted by Crippen LogP contribution is 2.23. The Morgan fingerprint density at radius 1 is 1.38 bits per heavy atom. The Hall–Kier alpha value is -1.51. The van der Waals surface area contributed by atoms with Gasteiger partial charge < -0.3 is 10.2 Å². The van der Waals surface area contributed by atoms with Crippen LogP contribution in [0, 0.1) is 5.41 Å². The molecule has 0 radical (unpaired) electrons. The summed E-state index contributed by atoms with van der Waals surface area (Å²) in [5.41, 5.74) is -0.465. The average Bonchev–Trinajstić information content (AvgIpc) is 2.37. The van der Waals surface area contributed by atoms with Gasteiger partial charge in [-0.1, -0.05) is 20.8 Å². The van der Waals surface area contributed by atoms with Gasteiger partial charge in [-0.25, -0.2) is 22.9 Å². The van der Waals surface area contributed by atoms with Crippen LogP contribution in [0.15, 0.2) is 23.4 Å². The van der Waals surface area contributed by atoms with Gasteiger partial charge in [-0.3, -0.25) is 0 Å². The first-order valence-electron chi connectivity index (χ1n) is 6.40. The standard InChI is InChI=1S/C13H20N2O5S/c1-13(2,3)10(6-7-16)15-21(19,20)11-5-4-9(8-14-11)12(17)18/h4-5,8,10,15-16H,6-7H2,1-3H3,(H,17,18). The normalized spacial score (nSPS) is 13.9. The maximum Gasteiger partial charge on any atom is 0.337 e. The van der Waals surface area contributed by atoms with E-state index in [-0.39, 0.29) is 29.0 Å². The molecule has 0 aliphatic rings. The number of carbonyl (C=O) groups is 1. The number of pyridine rings is 1. The maximum absolute atomic E-state index is 12.2. The van der Waals surface area contributed by atoms with Gasteiger partial charge in [0.05, 0.1) is 5.56 Å². The first-order chi connectivity index (χ1) is 9.58. The van der Waals surface area contributed by atoms with Crippen LogP contribution in [0.2, 0.25) is 0 Å². The number of nitrogens with zero attached hydrogens (tertiary/aromatic N) is 1. The van der Waals surface area contributed by atoms with Gasteiger partial charge >= 0.3 is 5.97 Å². The number of carboxylic acid groups (broad SMARTS) is 1. The second kappa shape index (κ2) is 6.50. The van der Waals surface area contributed by atoms with E-state index in [0.717, 1.165) is 12.3 Å². The van der Waals surface area contributed by atoms with Gasteiger partial charge in [-0.2, -0.15) is 0 Å². The van der Waals surface area contributed by atoms with E-state index >= 15 is 0 Å². The van der Waals surface area contributed by atoms with Crippen LogP contribution in [0.1, 0.15) is 37.6 Å². The number of aromatic nitrogens is 1. The second-order valence-corrected chi connectivity index (χ2v) is 7.40. The fourth-order valence-electron chi connectivity index (χ4n) is 1.71. The lowest BCUT2D eigenvalue weighted by molar-refractivity contribution is 0.0696. The summed E-state index contributed by atoms with van der Waals surface area (Å²) < 4.78 is 27.0. The predicted octanol–water partition coefficient (Wildman–Crippen LogP) is 0.855. The smallest absolute Gasteiger partial charge is 0.337 e. The van der Waals surface area contributed by atoms with Crippen molar-refractivity contribution >= 4 is 16.0 Å². The number of hydrogen-bond donors (Lipinski definition) is 3. The summed E-state index contributed by atoms with van der Waals surface area (Å²) in [4.78, 5) is 14.4. The third kappa shape index (κ3) is 4.76. The highest BCUT2D eigenvalue weighted by molar-refractivity contribution is 7.89. The van der Waals surface area contributed by atoms with Crippen molar-refractivity contribution in [2.24, 2.45) is 5.41 Å². The lowest BCUT2D eigenvalue weighted by Crippen LogP contribution is -2.44. The van der Waals surface area contributed by atoms with Gasteiger partial charge in [-0.05, 0) is 24.0 Å². The van der Waals surface area contributed by atoms with E-state index in [0.29, 0.717) is 0 Å². The SMILES string of the molecule is CC(C)(C)C(CCO)NS(=O)(=O)c1ccc(C(=O)O)cn1. The molecule has 0 saturated carbocycles. The lowest BCUT2D eigenvalue weighted by atomic mass is 9.86. The number of aromatic carboxylic acids is 1. The number of sulfonamides is 1. The molecule has 0 amide bonds. The van der Waals surface area contributed by atoms with Crippen LogP contribution < -0.4 is 4.72 Å². The molecule has 0 fully saturated rings. The third-order valence-corrected chi connectivity index (χ3v) is 4.41. The minimum atomic E-state index is -3.87. The summed E-state index contributed by atoms with van der Waals surface area (Å²) in [6, 6.07) is 1.86. The average molecular weight is 316 g/mol. The molecule has 8 heteroatoms. The van der Waals surface area contributed by atoms with E-state index in [1.165, 1.54) is 6.07 Å². The van der Waals surface area contributed by atoms with E-state index in [1.54, 1.807) is 0 Å². The summed E-state index contributed by atoms with van der Waals surface area (Å²) in [5.74, 6) is -1.17. The monoisotopic (exact) mass is 316 g/mol. The van der Waals surface area contributed by atoms with Gasteiger partial charge in [0.25, 0.3) is 10.0 Å². The molecule has 0 aliphatic carbocycles. The van der Waals surface area contributed by atoms with Crippen molar-refractivity contribution in [3.8, 4) is 0 Å². The molecule has 0 aromatic carbocycles. The number of aliphatic hydroxyl groups excluding tert-OH is 1. The molecule has 1 aromatic rings. The molecule has 0 saturated heterocycles. The molecule has 1 aromatic heterocycles. The van der Waals surface area contributed by atoms with Crippen molar-refractivity contribution in [3.63, 3.8) is 0 Å². The lowest BCUT2D eigenvalue weighted by Gasteiger charge is -2.30. The summed E-state index contributed by atoms with van der Waals surface area (Å²) in [6.07, 6.45) is 1.27. The highest BCUT2D eigenvalue weighted by Gasteiger charge is 2.29. The molecule has 0 bridgehead atoms. The predicted molar refractivity (Wildman–Crippen MR) is 76.5 cm³/mol. The number of rotatable bonds is 6. The zero-order chi connectivity index (χ0) is 16.3. The van der Waals surface area contributed by atoms with Gasteiger partial charge in [0, 0.05) is 18.8 Å². The summed E-state index contributed by atoms with van der Waals surface area (Å²) in [5, 5.41) is 17.6. The fraction of sp³-hybridized carbons (Fsp3) is 0.538. The number of aliphatic hydroxyl groups is 1. The molecule has 21 heavy (non-hydrogen) atoms. The van der Waals surface area contributed by atoms with Crippen molar-refractivity contribution in [3.05, 3.63) is 23.9 Å². The number of hydrogen-bond acceptors (Lipinski definition) is 5. The zero-order valence-corrected chi connectivity index (χ0v) is 13.0. The minimum Gasteiger partial charge on any atom is -0.478 e. The Morgan fingerprint density at radius 3 is 2.38 bits per heavy atom. The molecule has 3 N–H and O–H groups in total. The van der Waals surface area contributed by atoms with Crippen LogP contribution in [-0.4, -0.2) is 42.2 Å². The van der Waals surface area contributed by atoms with E-state index in [4.69, 9.17) is 10.2 Å². The van der Waals surface area contributed by atoms with Gasteiger partial charge in [0.15, 0.2) is 5.03 Å². The molecular formula is C13H20N2O5S. The Balaban J connectivity index is 3.02. The summed E-state index contributed by atoms with van der Waals surface area (Å²) in [7, 11) is -3.87. The van der Waals surface area contributed by atoms with Crippen LogP contribution in [0.25, 0.3) is 0 Å². The van der Waals surface area contributed by atoms with Crippen LogP contribution in [0.4, 0.5) is 0 Å². The van der Waals surface area contributed by atoms with Gasteiger partial charge in [0.1, 0.15) is 0 Å². The van der Waals surface area contributed by atoms with Crippen LogP contribution >= 0.6 is 0 Å². The van der Waals surface area contributed by atoms with Crippen molar-refractivity contribution in [2.75, 3.05) is 6.61 Å². The van der Waals surface area contributed by atoms with Crippen molar-refractivity contribution in [1.82, 2.24) is 9.71 Å². The molecular weight excluding hydrogens is 296 g/mol. The molecule has 1 atom stereocenters. The topological polar surface area (TPSA) is 117 Å². The Kier molecular flexibility index (Phi) is 5.43. The van der Waals surface area contributed by atoms with Crippen molar-refractivity contribution in [2.45, 2.75) is 38.3 Å². The van der Waals surface area contributed by atoms with Gasteiger partial charge in [0.2, 0.25) is 0 Å². The first-order valence-corrected chi connectivity index (χ1v) is 7.89. The Labute approximate surface area is 124 Å². The summed E-state index contributed by atoms with van der Waals surface area (Å²) >= 11 is 0. The number of nitrogens with one attached hydrogen (secondary N) is 1. The Morgan fingerprint density at radius 2 is 2.00 bits per heavy atom. The zero-order valence-electron chi connectivity index (χ0n) is 12.2. The molecule has 0 aliphatic heterocycles. The van der Waals surface area contributed by atoms with Gasteiger partial charge in [-0.15, -0.1) is 0 Å². The second-order valence-electron chi connectivity index (χ2n) is 5.74. The quantitative estimate of drug-likeness (QED) is 0.716. The van der Waals surface area contributed by atoms with E-state index < -0.39 is 22.0 Å². The minimum absolute atomic E-state index is 0.0864. The molecule has 1 rings (SSSR count). The Bertz CT molecular complexity index is 590. The van der Waals surface area contributed by atoms with E-state index in [2.05, 4.69) is 9.71 Å².